The molecule has 4 rings (SSSR count). The van der Waals surface area contributed by atoms with E-state index >= 15 is 0 Å². The normalized spacial score (nSPS) is 20.9. The highest BCUT2D eigenvalue weighted by Gasteiger charge is 2.47. The van der Waals surface area contributed by atoms with Gasteiger partial charge in [0.25, 0.3) is 5.91 Å². The first-order chi connectivity index (χ1) is 16.3. The van der Waals surface area contributed by atoms with Crippen molar-refractivity contribution in [3.63, 3.8) is 0 Å². The molecule has 0 bridgehead atoms. The van der Waals surface area contributed by atoms with Crippen LogP contribution in [0.15, 0.2) is 53.4 Å². The Morgan fingerprint density at radius 1 is 1.06 bits per heavy atom. The van der Waals surface area contributed by atoms with Crippen LogP contribution in [0.3, 0.4) is 0 Å². The monoisotopic (exact) mass is 488 g/mol. The zero-order chi connectivity index (χ0) is 24.3. The van der Waals surface area contributed by atoms with Crippen LogP contribution in [0.5, 0.6) is 11.5 Å². The first-order valence-electron chi connectivity index (χ1n) is 11.2. The summed E-state index contributed by atoms with van der Waals surface area (Å²) < 4.78 is 44.6. The van der Waals surface area contributed by atoms with Gasteiger partial charge in [-0.25, -0.2) is 13.3 Å². The Kier molecular flexibility index (Phi) is 7.20. The van der Waals surface area contributed by atoms with E-state index in [-0.39, 0.29) is 24.0 Å². The van der Waals surface area contributed by atoms with Gasteiger partial charge in [0.2, 0.25) is 15.9 Å². The summed E-state index contributed by atoms with van der Waals surface area (Å²) in [4.78, 5) is 27.4. The van der Waals surface area contributed by atoms with Gasteiger partial charge in [0.1, 0.15) is 17.5 Å². The van der Waals surface area contributed by atoms with Gasteiger partial charge < -0.3 is 14.2 Å². The molecule has 2 aromatic carbocycles. The number of sulfonamides is 1. The standard InChI is InChI=1S/C24H28N2O7S/c1-3-32-19-8-6-17(7-9-19)26-23(27)15-22(24(26)28)25(16-20-5-4-14-33-20)34(29,30)21-12-10-18(31-2)11-13-21/h6-13,20,22H,3-5,14-16H2,1-2H3. The van der Waals surface area contributed by atoms with Gasteiger partial charge in [-0.05, 0) is 68.3 Å². The molecule has 2 saturated heterocycles. The minimum atomic E-state index is -4.09. The number of carbonyl (C=O) groups is 2. The number of benzene rings is 2. The summed E-state index contributed by atoms with van der Waals surface area (Å²) in [6, 6.07) is 11.4. The summed E-state index contributed by atoms with van der Waals surface area (Å²) in [5.41, 5.74) is 0.375. The second-order valence-electron chi connectivity index (χ2n) is 8.10. The Bertz CT molecular complexity index is 1130. The fraction of sp³-hybridized carbons (Fsp3) is 0.417. The number of imide groups is 1. The zero-order valence-electron chi connectivity index (χ0n) is 19.2. The van der Waals surface area contributed by atoms with E-state index in [1.807, 2.05) is 6.92 Å². The summed E-state index contributed by atoms with van der Waals surface area (Å²) in [5, 5.41) is 0. The van der Waals surface area contributed by atoms with Crippen LogP contribution >= 0.6 is 0 Å². The summed E-state index contributed by atoms with van der Waals surface area (Å²) in [5.74, 6) is 0.0908. The third-order valence-electron chi connectivity index (χ3n) is 5.95. The maximum atomic E-state index is 13.6. The largest absolute Gasteiger partial charge is 0.497 e. The van der Waals surface area contributed by atoms with Crippen LogP contribution in [0, 0.1) is 0 Å². The van der Waals surface area contributed by atoms with Crippen molar-refractivity contribution in [1.29, 1.82) is 0 Å². The summed E-state index contributed by atoms with van der Waals surface area (Å²) >= 11 is 0. The van der Waals surface area contributed by atoms with Crippen molar-refractivity contribution in [2.75, 3.05) is 31.8 Å². The highest BCUT2D eigenvalue weighted by molar-refractivity contribution is 7.89. The van der Waals surface area contributed by atoms with Gasteiger partial charge in [0.15, 0.2) is 0 Å². The third-order valence-corrected chi connectivity index (χ3v) is 7.84. The molecule has 10 heteroatoms. The lowest BCUT2D eigenvalue weighted by Crippen LogP contribution is -2.48. The molecule has 0 N–H and O–H groups in total. The van der Waals surface area contributed by atoms with Gasteiger partial charge in [-0.2, -0.15) is 4.31 Å². The average molecular weight is 489 g/mol. The lowest BCUT2D eigenvalue weighted by atomic mass is 10.2. The van der Waals surface area contributed by atoms with Crippen LogP contribution in [0.25, 0.3) is 0 Å². The van der Waals surface area contributed by atoms with E-state index < -0.39 is 27.9 Å². The fourth-order valence-electron chi connectivity index (χ4n) is 4.24. The highest BCUT2D eigenvalue weighted by atomic mass is 32.2. The van der Waals surface area contributed by atoms with Crippen molar-refractivity contribution >= 4 is 27.5 Å². The molecule has 2 atom stereocenters. The van der Waals surface area contributed by atoms with Crippen LogP contribution in [-0.4, -0.2) is 63.6 Å². The number of nitrogens with zero attached hydrogens (tertiary/aromatic N) is 2. The molecule has 0 spiro atoms. The van der Waals surface area contributed by atoms with Crippen LogP contribution in [0.1, 0.15) is 26.2 Å². The third kappa shape index (κ3) is 4.79. The molecule has 2 aliphatic heterocycles. The Morgan fingerprint density at radius 2 is 1.74 bits per heavy atom. The number of hydrogen-bond donors (Lipinski definition) is 0. The molecule has 182 valence electrons. The van der Waals surface area contributed by atoms with Gasteiger partial charge in [0.05, 0.1) is 36.8 Å². The molecule has 9 nitrogen and oxygen atoms in total. The Hall–Kier alpha value is -2.95. The average Bonchev–Trinajstić information content (AvgIpc) is 3.45. The molecule has 2 aliphatic rings. The Balaban J connectivity index is 1.65. The van der Waals surface area contributed by atoms with Crippen molar-refractivity contribution in [3.8, 4) is 11.5 Å². The van der Waals surface area contributed by atoms with Crippen molar-refractivity contribution in [1.82, 2.24) is 4.31 Å². The number of carbonyl (C=O) groups excluding carboxylic acids is 2. The first-order valence-corrected chi connectivity index (χ1v) is 12.7. The fourth-order valence-corrected chi connectivity index (χ4v) is 5.85. The van der Waals surface area contributed by atoms with Gasteiger partial charge in [-0.15, -0.1) is 0 Å². The maximum Gasteiger partial charge on any atom is 0.252 e. The first kappa shape index (κ1) is 24.2. The van der Waals surface area contributed by atoms with Gasteiger partial charge in [-0.1, -0.05) is 0 Å². The van der Waals surface area contributed by atoms with Crippen molar-refractivity contribution in [3.05, 3.63) is 48.5 Å². The van der Waals surface area contributed by atoms with E-state index in [9.17, 15) is 18.0 Å². The van der Waals surface area contributed by atoms with E-state index in [4.69, 9.17) is 14.2 Å². The van der Waals surface area contributed by atoms with Gasteiger partial charge >= 0.3 is 0 Å². The van der Waals surface area contributed by atoms with Crippen LogP contribution in [0.2, 0.25) is 0 Å². The van der Waals surface area contributed by atoms with E-state index in [1.54, 1.807) is 36.4 Å². The minimum absolute atomic E-state index is 0.00479. The molecule has 2 amide bonds. The van der Waals surface area contributed by atoms with Crippen LogP contribution in [-0.2, 0) is 24.3 Å². The maximum absolute atomic E-state index is 13.6. The predicted octanol–water partition coefficient (Wildman–Crippen LogP) is 2.60. The quantitative estimate of drug-likeness (QED) is 0.500. The molecule has 2 heterocycles. The number of rotatable bonds is 9. The van der Waals surface area contributed by atoms with Crippen molar-refractivity contribution < 1.29 is 32.2 Å². The second-order valence-corrected chi connectivity index (χ2v) is 9.99. The SMILES string of the molecule is CCOc1ccc(N2C(=O)CC(N(CC3CCCO3)S(=O)(=O)c3ccc(OC)cc3)C2=O)cc1. The number of amides is 2. The Morgan fingerprint density at radius 3 is 2.32 bits per heavy atom. The Labute approximate surface area is 199 Å². The highest BCUT2D eigenvalue weighted by Crippen LogP contribution is 2.32. The molecule has 0 aliphatic carbocycles. The summed E-state index contributed by atoms with van der Waals surface area (Å²) in [6.45, 7) is 2.88. The van der Waals surface area contributed by atoms with E-state index in [0.717, 1.165) is 15.6 Å². The number of hydrogen-bond acceptors (Lipinski definition) is 7. The van der Waals surface area contributed by atoms with Crippen LogP contribution in [0.4, 0.5) is 5.69 Å². The molecular weight excluding hydrogens is 460 g/mol. The van der Waals surface area contributed by atoms with E-state index in [1.165, 1.54) is 19.2 Å². The minimum Gasteiger partial charge on any atom is -0.497 e. The number of methoxy groups -OCH3 is 1. The number of anilines is 1. The molecule has 0 saturated carbocycles. The predicted molar refractivity (Wildman–Crippen MR) is 124 cm³/mol. The summed E-state index contributed by atoms with van der Waals surface area (Å²) in [6.07, 6.45) is 0.924. The number of ether oxygens (including phenoxy) is 3. The zero-order valence-corrected chi connectivity index (χ0v) is 20.0. The van der Waals surface area contributed by atoms with Crippen molar-refractivity contribution in [2.24, 2.45) is 0 Å². The molecular formula is C24H28N2O7S. The lowest BCUT2D eigenvalue weighted by molar-refractivity contribution is -0.122. The summed E-state index contributed by atoms with van der Waals surface area (Å²) in [7, 11) is -2.60. The van der Waals surface area contributed by atoms with Gasteiger partial charge in [0, 0.05) is 13.2 Å². The molecule has 2 fully saturated rings. The molecule has 0 aromatic heterocycles. The van der Waals surface area contributed by atoms with E-state index in [2.05, 4.69) is 0 Å². The van der Waals surface area contributed by atoms with Crippen molar-refractivity contribution in [2.45, 2.75) is 43.2 Å². The smallest absolute Gasteiger partial charge is 0.252 e. The lowest BCUT2D eigenvalue weighted by Gasteiger charge is -2.29. The molecule has 2 aromatic rings. The second kappa shape index (κ2) is 10.1. The van der Waals surface area contributed by atoms with Gasteiger partial charge in [-0.3, -0.25) is 9.59 Å². The molecule has 34 heavy (non-hydrogen) atoms. The topological polar surface area (TPSA) is 102 Å². The van der Waals surface area contributed by atoms with E-state index in [0.29, 0.717) is 36.8 Å². The van der Waals surface area contributed by atoms with Crippen LogP contribution < -0.4 is 14.4 Å². The molecule has 0 radical (unpaired) electrons. The molecule has 2 unspecified atom stereocenters.